The predicted octanol–water partition coefficient (Wildman–Crippen LogP) is 17.3. The predicted molar refractivity (Wildman–Crippen MR) is 256 cm³/mol. The molecular formula is C57H71NO2. The van der Waals surface area contributed by atoms with Crippen molar-refractivity contribution in [3.8, 4) is 22.3 Å². The third kappa shape index (κ3) is 8.75. The van der Waals surface area contributed by atoms with Gasteiger partial charge in [-0.2, -0.15) is 0 Å². The standard InChI is InChI=1S/C57H71NO2/c1-5-9-13-21-37-56(38-22-14-10-6-2)51-27-19-17-25-47(51)49-35-33-45(41-53(49)56)58(44-31-29-43(30-32-44)55(59)60)46-34-36-50-48-26-18-20-28-52(48)57(54(50)42-46,39-23-15-11-7-3)40-24-16-12-8-4/h17-20,25-36,41-42H,5-16,21-24,37-40H2,1-4H3,(H,59,60). The lowest BCUT2D eigenvalue weighted by Gasteiger charge is -2.35. The summed E-state index contributed by atoms with van der Waals surface area (Å²) < 4.78 is 0. The Morgan fingerprint density at radius 3 is 1.13 bits per heavy atom. The van der Waals surface area contributed by atoms with Gasteiger partial charge in [0.2, 0.25) is 0 Å². The van der Waals surface area contributed by atoms with E-state index in [0.717, 1.165) is 42.7 Å². The van der Waals surface area contributed by atoms with Crippen molar-refractivity contribution in [2.24, 2.45) is 0 Å². The molecule has 3 heteroatoms. The van der Waals surface area contributed by atoms with Gasteiger partial charge >= 0.3 is 5.97 Å². The fourth-order valence-corrected chi connectivity index (χ4v) is 11.1. The summed E-state index contributed by atoms with van der Waals surface area (Å²) in [6, 6.07) is 40.6. The third-order valence-electron chi connectivity index (χ3n) is 14.2. The second-order valence-electron chi connectivity index (χ2n) is 18.1. The first-order valence-corrected chi connectivity index (χ1v) is 24.0. The number of benzene rings is 5. The van der Waals surface area contributed by atoms with E-state index in [0.29, 0.717) is 5.56 Å². The van der Waals surface area contributed by atoms with E-state index in [-0.39, 0.29) is 10.8 Å². The molecule has 0 saturated heterocycles. The topological polar surface area (TPSA) is 40.5 Å². The van der Waals surface area contributed by atoms with Crippen LogP contribution in [0.25, 0.3) is 22.3 Å². The molecule has 0 aromatic heterocycles. The Morgan fingerprint density at radius 2 is 0.767 bits per heavy atom. The molecule has 0 aliphatic heterocycles. The maximum atomic E-state index is 12.1. The SMILES string of the molecule is CCCCCCC1(CCCCCC)c2ccccc2-c2ccc(N(c3ccc(C(=O)O)cc3)c3ccc4c(c3)C(CCCCCC)(CCCCCC)c3ccccc3-4)cc21. The number of anilines is 3. The van der Waals surface area contributed by atoms with Crippen molar-refractivity contribution in [3.05, 3.63) is 137 Å². The van der Waals surface area contributed by atoms with Gasteiger partial charge < -0.3 is 10.0 Å². The molecule has 2 aliphatic rings. The Balaban J connectivity index is 1.40. The lowest BCUT2D eigenvalue weighted by molar-refractivity contribution is 0.0697. The quantitative estimate of drug-likeness (QED) is 0.0632. The van der Waals surface area contributed by atoms with Gasteiger partial charge in [-0.3, -0.25) is 0 Å². The first kappa shape index (κ1) is 43.5. The van der Waals surface area contributed by atoms with E-state index in [1.807, 2.05) is 12.1 Å². The fraction of sp³-hybridized carbons (Fsp3) is 0.456. The van der Waals surface area contributed by atoms with Crippen molar-refractivity contribution >= 4 is 23.0 Å². The molecule has 0 amide bonds. The molecule has 5 aromatic carbocycles. The average molecular weight is 802 g/mol. The van der Waals surface area contributed by atoms with Crippen LogP contribution in [0.2, 0.25) is 0 Å². The van der Waals surface area contributed by atoms with E-state index in [4.69, 9.17) is 0 Å². The van der Waals surface area contributed by atoms with Crippen LogP contribution in [0.1, 0.15) is 189 Å². The van der Waals surface area contributed by atoms with Crippen molar-refractivity contribution in [1.29, 1.82) is 0 Å². The number of nitrogens with zero attached hydrogens (tertiary/aromatic N) is 1. The monoisotopic (exact) mass is 802 g/mol. The second kappa shape index (κ2) is 20.3. The van der Waals surface area contributed by atoms with Crippen LogP contribution in [0, 0.1) is 0 Å². The van der Waals surface area contributed by atoms with Gasteiger partial charge in [-0.15, -0.1) is 0 Å². The van der Waals surface area contributed by atoms with Gasteiger partial charge in [0.1, 0.15) is 0 Å². The van der Waals surface area contributed by atoms with Gasteiger partial charge in [0.25, 0.3) is 0 Å². The van der Waals surface area contributed by atoms with Crippen LogP contribution in [-0.2, 0) is 10.8 Å². The van der Waals surface area contributed by atoms with Crippen LogP contribution in [0.3, 0.4) is 0 Å². The number of carboxylic acids is 1. The zero-order chi connectivity index (χ0) is 42.0. The molecule has 0 radical (unpaired) electrons. The smallest absolute Gasteiger partial charge is 0.335 e. The maximum Gasteiger partial charge on any atom is 0.335 e. The third-order valence-corrected chi connectivity index (χ3v) is 14.2. The summed E-state index contributed by atoms with van der Waals surface area (Å²) in [4.78, 5) is 14.6. The summed E-state index contributed by atoms with van der Waals surface area (Å²) in [5.41, 5.74) is 15.0. The minimum absolute atomic E-state index is 0.0338. The highest BCUT2D eigenvalue weighted by Crippen LogP contribution is 2.58. The highest BCUT2D eigenvalue weighted by atomic mass is 16.4. The lowest BCUT2D eigenvalue weighted by atomic mass is 9.70. The molecule has 0 fully saturated rings. The molecule has 5 aromatic rings. The zero-order valence-corrected chi connectivity index (χ0v) is 37.3. The van der Waals surface area contributed by atoms with Crippen LogP contribution < -0.4 is 4.90 Å². The number of carboxylic acid groups (broad SMARTS) is 1. The van der Waals surface area contributed by atoms with Gasteiger partial charge in [-0.05, 0) is 119 Å². The van der Waals surface area contributed by atoms with E-state index in [1.54, 1.807) is 12.1 Å². The maximum absolute atomic E-state index is 12.1. The first-order chi connectivity index (χ1) is 29.4. The molecular weight excluding hydrogens is 731 g/mol. The highest BCUT2D eigenvalue weighted by molar-refractivity contribution is 5.91. The molecule has 1 N–H and O–H groups in total. The Bertz CT molecular complexity index is 2030. The van der Waals surface area contributed by atoms with E-state index >= 15 is 0 Å². The molecule has 316 valence electrons. The fourth-order valence-electron chi connectivity index (χ4n) is 11.1. The number of unbranched alkanes of at least 4 members (excludes halogenated alkanes) is 12. The van der Waals surface area contributed by atoms with Crippen molar-refractivity contribution in [1.82, 2.24) is 0 Å². The van der Waals surface area contributed by atoms with Gasteiger partial charge in [-0.1, -0.05) is 191 Å². The average Bonchev–Trinajstić information content (AvgIpc) is 3.71. The van der Waals surface area contributed by atoms with Crippen molar-refractivity contribution < 1.29 is 9.90 Å². The summed E-state index contributed by atoms with van der Waals surface area (Å²) in [7, 11) is 0. The summed E-state index contributed by atoms with van der Waals surface area (Å²) in [6.45, 7) is 9.24. The second-order valence-corrected chi connectivity index (χ2v) is 18.1. The van der Waals surface area contributed by atoms with Gasteiger partial charge in [0, 0.05) is 27.9 Å². The molecule has 0 heterocycles. The lowest BCUT2D eigenvalue weighted by Crippen LogP contribution is -2.26. The van der Waals surface area contributed by atoms with Crippen LogP contribution in [0.5, 0.6) is 0 Å². The van der Waals surface area contributed by atoms with Crippen LogP contribution >= 0.6 is 0 Å². The molecule has 0 saturated carbocycles. The largest absolute Gasteiger partial charge is 0.478 e. The number of hydrogen-bond acceptors (Lipinski definition) is 2. The van der Waals surface area contributed by atoms with Gasteiger partial charge in [0.15, 0.2) is 0 Å². The minimum atomic E-state index is -0.898. The summed E-state index contributed by atoms with van der Waals surface area (Å²) in [5, 5.41) is 9.95. The Hall–Kier alpha value is -4.63. The van der Waals surface area contributed by atoms with Crippen LogP contribution in [0.15, 0.2) is 109 Å². The molecule has 3 nitrogen and oxygen atoms in total. The van der Waals surface area contributed by atoms with Crippen LogP contribution in [0.4, 0.5) is 17.1 Å². The molecule has 0 spiro atoms. The molecule has 0 bridgehead atoms. The van der Waals surface area contributed by atoms with Gasteiger partial charge in [-0.25, -0.2) is 4.79 Å². The highest BCUT2D eigenvalue weighted by Gasteiger charge is 2.44. The zero-order valence-electron chi connectivity index (χ0n) is 37.3. The molecule has 0 unspecified atom stereocenters. The summed E-state index contributed by atoms with van der Waals surface area (Å²) in [5.74, 6) is -0.898. The van der Waals surface area contributed by atoms with Gasteiger partial charge in [0.05, 0.1) is 5.56 Å². The normalized spacial score (nSPS) is 14.1. The van der Waals surface area contributed by atoms with Crippen molar-refractivity contribution in [3.63, 3.8) is 0 Å². The number of aromatic carboxylic acids is 1. The molecule has 0 atom stereocenters. The van der Waals surface area contributed by atoms with E-state index in [2.05, 4.69) is 118 Å². The number of carbonyl (C=O) groups is 1. The number of fused-ring (bicyclic) bond motifs is 6. The molecule has 2 aliphatic carbocycles. The van der Waals surface area contributed by atoms with Crippen LogP contribution in [-0.4, -0.2) is 11.1 Å². The molecule has 60 heavy (non-hydrogen) atoms. The van der Waals surface area contributed by atoms with E-state index in [9.17, 15) is 9.90 Å². The number of rotatable bonds is 24. The van der Waals surface area contributed by atoms with Crippen molar-refractivity contribution in [2.45, 2.75) is 167 Å². The summed E-state index contributed by atoms with van der Waals surface area (Å²) in [6.07, 6.45) is 24.7. The Kier molecular flexibility index (Phi) is 14.7. The number of hydrogen-bond donors (Lipinski definition) is 1. The minimum Gasteiger partial charge on any atom is -0.478 e. The Labute approximate surface area is 362 Å². The Morgan fingerprint density at radius 1 is 0.417 bits per heavy atom. The summed E-state index contributed by atoms with van der Waals surface area (Å²) >= 11 is 0. The van der Waals surface area contributed by atoms with Crippen molar-refractivity contribution in [2.75, 3.05) is 4.90 Å². The van der Waals surface area contributed by atoms with E-state index < -0.39 is 5.97 Å². The first-order valence-electron chi connectivity index (χ1n) is 24.0. The molecule has 7 rings (SSSR count). The van der Waals surface area contributed by atoms with E-state index in [1.165, 1.54) is 147 Å².